The molecule has 0 saturated carbocycles. The van der Waals surface area contributed by atoms with E-state index in [9.17, 15) is 4.79 Å². The van der Waals surface area contributed by atoms with Gasteiger partial charge in [0.15, 0.2) is 4.77 Å². The van der Waals surface area contributed by atoms with Gasteiger partial charge in [0.1, 0.15) is 4.83 Å². The van der Waals surface area contributed by atoms with Gasteiger partial charge in [0.25, 0.3) is 5.56 Å². The first-order chi connectivity index (χ1) is 8.91. The van der Waals surface area contributed by atoms with E-state index in [0.29, 0.717) is 17.2 Å². The summed E-state index contributed by atoms with van der Waals surface area (Å²) in [6, 6.07) is 0. The van der Waals surface area contributed by atoms with Gasteiger partial charge in [-0.15, -0.1) is 11.3 Å². The second kappa shape index (κ2) is 5.59. The van der Waals surface area contributed by atoms with Gasteiger partial charge < -0.3 is 4.98 Å². The first-order valence-electron chi connectivity index (χ1n) is 6.64. The molecule has 0 aliphatic heterocycles. The van der Waals surface area contributed by atoms with Gasteiger partial charge in [-0.3, -0.25) is 9.36 Å². The molecule has 2 aromatic rings. The van der Waals surface area contributed by atoms with Crippen LogP contribution >= 0.6 is 23.6 Å². The van der Waals surface area contributed by atoms with Crippen molar-refractivity contribution < 1.29 is 0 Å². The zero-order valence-corrected chi connectivity index (χ0v) is 13.5. The van der Waals surface area contributed by atoms with Crippen molar-refractivity contribution in [3.05, 3.63) is 25.6 Å². The Bertz CT molecular complexity index is 707. The molecule has 2 aromatic heterocycles. The zero-order valence-electron chi connectivity index (χ0n) is 11.9. The predicted octanol–water partition coefficient (Wildman–Crippen LogP) is 4.17. The highest BCUT2D eigenvalue weighted by Crippen LogP contribution is 2.25. The van der Waals surface area contributed by atoms with Gasteiger partial charge in [-0.2, -0.15) is 0 Å². The Morgan fingerprint density at radius 1 is 1.37 bits per heavy atom. The standard InChI is InChI=1S/C14H20N2OS2/c1-8(2)6-5-7-16-13(17)11-9(3)10(4)19-12(11)15-14(16)18/h8H,5-7H2,1-4H3,(H,15,18). The lowest BCUT2D eigenvalue weighted by molar-refractivity contribution is 0.502. The molecular weight excluding hydrogens is 276 g/mol. The van der Waals surface area contributed by atoms with Gasteiger partial charge in [-0.05, 0) is 50.4 Å². The third-order valence-electron chi connectivity index (χ3n) is 3.47. The summed E-state index contributed by atoms with van der Waals surface area (Å²) in [5.41, 5.74) is 1.14. The maximum absolute atomic E-state index is 12.5. The van der Waals surface area contributed by atoms with Crippen LogP contribution in [-0.2, 0) is 6.54 Å². The lowest BCUT2D eigenvalue weighted by Crippen LogP contribution is -2.22. The highest BCUT2D eigenvalue weighted by molar-refractivity contribution is 7.71. The topological polar surface area (TPSA) is 37.8 Å². The Morgan fingerprint density at radius 2 is 2.05 bits per heavy atom. The fourth-order valence-electron chi connectivity index (χ4n) is 2.23. The molecule has 0 aliphatic rings. The van der Waals surface area contributed by atoms with Crippen molar-refractivity contribution in [1.82, 2.24) is 9.55 Å². The second-order valence-corrected chi connectivity index (χ2v) is 7.02. The van der Waals surface area contributed by atoms with Crippen LogP contribution in [0.1, 0.15) is 37.1 Å². The van der Waals surface area contributed by atoms with E-state index in [4.69, 9.17) is 12.2 Å². The number of nitrogens with zero attached hydrogens (tertiary/aromatic N) is 1. The first-order valence-corrected chi connectivity index (χ1v) is 7.87. The van der Waals surface area contributed by atoms with Crippen LogP contribution in [0, 0.1) is 24.5 Å². The maximum Gasteiger partial charge on any atom is 0.263 e. The monoisotopic (exact) mass is 296 g/mol. The molecule has 0 aliphatic carbocycles. The van der Waals surface area contributed by atoms with Gasteiger partial charge in [0.2, 0.25) is 0 Å². The van der Waals surface area contributed by atoms with Crippen LogP contribution in [0.15, 0.2) is 4.79 Å². The van der Waals surface area contributed by atoms with Gasteiger partial charge in [-0.25, -0.2) is 0 Å². The Hall–Kier alpha value is -0.940. The minimum atomic E-state index is 0.0596. The molecule has 0 saturated heterocycles. The third-order valence-corrected chi connectivity index (χ3v) is 4.92. The summed E-state index contributed by atoms with van der Waals surface area (Å²) in [7, 11) is 0. The van der Waals surface area contributed by atoms with E-state index in [-0.39, 0.29) is 5.56 Å². The number of fused-ring (bicyclic) bond motifs is 1. The van der Waals surface area contributed by atoms with Crippen molar-refractivity contribution in [3.8, 4) is 0 Å². The molecule has 0 bridgehead atoms. The Kier molecular flexibility index (Phi) is 4.26. The summed E-state index contributed by atoms with van der Waals surface area (Å²) < 4.78 is 2.25. The molecule has 1 N–H and O–H groups in total. The normalized spacial score (nSPS) is 11.6. The van der Waals surface area contributed by atoms with E-state index in [0.717, 1.165) is 28.6 Å². The van der Waals surface area contributed by atoms with Gasteiger partial charge >= 0.3 is 0 Å². The molecule has 0 aromatic carbocycles. The van der Waals surface area contributed by atoms with E-state index in [1.807, 2.05) is 13.8 Å². The average molecular weight is 296 g/mol. The lowest BCUT2D eigenvalue weighted by atomic mass is 10.1. The van der Waals surface area contributed by atoms with E-state index in [1.165, 1.54) is 4.88 Å². The van der Waals surface area contributed by atoms with Crippen LogP contribution in [0.25, 0.3) is 10.2 Å². The number of H-pyrrole nitrogens is 1. The smallest absolute Gasteiger partial charge is 0.263 e. The molecule has 3 nitrogen and oxygen atoms in total. The maximum atomic E-state index is 12.5. The van der Waals surface area contributed by atoms with Crippen LogP contribution in [0.2, 0.25) is 0 Å². The minimum Gasteiger partial charge on any atom is -0.323 e. The number of thiophene rings is 1. The molecule has 0 radical (unpaired) electrons. The van der Waals surface area contributed by atoms with Crippen molar-refractivity contribution in [1.29, 1.82) is 0 Å². The first kappa shape index (κ1) is 14.5. The summed E-state index contributed by atoms with van der Waals surface area (Å²) in [5.74, 6) is 0.655. The van der Waals surface area contributed by atoms with Crippen molar-refractivity contribution >= 4 is 33.8 Å². The molecule has 104 valence electrons. The SMILES string of the molecule is Cc1sc2[nH]c(=S)n(CCCC(C)C)c(=O)c2c1C. The lowest BCUT2D eigenvalue weighted by Gasteiger charge is -2.08. The van der Waals surface area contributed by atoms with Crippen LogP contribution in [-0.4, -0.2) is 9.55 Å². The van der Waals surface area contributed by atoms with Crippen LogP contribution in [0.4, 0.5) is 0 Å². The van der Waals surface area contributed by atoms with Crippen molar-refractivity contribution in [2.24, 2.45) is 5.92 Å². The van der Waals surface area contributed by atoms with Gasteiger partial charge in [0, 0.05) is 11.4 Å². The van der Waals surface area contributed by atoms with Crippen LogP contribution in [0.5, 0.6) is 0 Å². The van der Waals surface area contributed by atoms with Crippen LogP contribution < -0.4 is 5.56 Å². The highest BCUT2D eigenvalue weighted by Gasteiger charge is 2.12. The molecule has 19 heavy (non-hydrogen) atoms. The molecule has 0 spiro atoms. The molecule has 0 fully saturated rings. The molecule has 2 heterocycles. The number of aromatic nitrogens is 2. The summed E-state index contributed by atoms with van der Waals surface area (Å²) >= 11 is 6.92. The van der Waals surface area contributed by atoms with Crippen molar-refractivity contribution in [2.45, 2.75) is 47.1 Å². The summed E-state index contributed by atoms with van der Waals surface area (Å²) in [5, 5.41) is 0.806. The van der Waals surface area contributed by atoms with E-state index >= 15 is 0 Å². The average Bonchev–Trinajstić information content (AvgIpc) is 2.59. The van der Waals surface area contributed by atoms with E-state index < -0.39 is 0 Å². The number of hydrogen-bond donors (Lipinski definition) is 1. The third kappa shape index (κ3) is 2.82. The fourth-order valence-corrected chi connectivity index (χ4v) is 3.62. The fraction of sp³-hybridized carbons (Fsp3) is 0.571. The summed E-state index contributed by atoms with van der Waals surface area (Å²) in [6.07, 6.45) is 2.10. The zero-order chi connectivity index (χ0) is 14.2. The molecule has 0 atom stereocenters. The Labute approximate surface area is 122 Å². The van der Waals surface area contributed by atoms with E-state index in [1.54, 1.807) is 15.9 Å². The van der Waals surface area contributed by atoms with Crippen molar-refractivity contribution in [3.63, 3.8) is 0 Å². The number of rotatable bonds is 4. The van der Waals surface area contributed by atoms with Gasteiger partial charge in [-0.1, -0.05) is 13.8 Å². The van der Waals surface area contributed by atoms with Crippen LogP contribution in [0.3, 0.4) is 0 Å². The van der Waals surface area contributed by atoms with Gasteiger partial charge in [0.05, 0.1) is 5.39 Å². The molecule has 0 unspecified atom stereocenters. The number of aryl methyl sites for hydroxylation is 2. The molecule has 5 heteroatoms. The minimum absolute atomic E-state index is 0.0596. The molecular formula is C14H20N2OS2. The molecule has 0 amide bonds. The number of hydrogen-bond acceptors (Lipinski definition) is 3. The second-order valence-electron chi connectivity index (χ2n) is 5.41. The number of aromatic amines is 1. The van der Waals surface area contributed by atoms with Crippen molar-refractivity contribution in [2.75, 3.05) is 0 Å². The Morgan fingerprint density at radius 3 is 2.68 bits per heavy atom. The predicted molar refractivity (Wildman–Crippen MR) is 84.8 cm³/mol. The molecule has 2 rings (SSSR count). The largest absolute Gasteiger partial charge is 0.323 e. The summed E-state index contributed by atoms with van der Waals surface area (Å²) in [6.45, 7) is 9.14. The quantitative estimate of drug-likeness (QED) is 0.860. The summed E-state index contributed by atoms with van der Waals surface area (Å²) in [4.78, 5) is 17.8. The van der Waals surface area contributed by atoms with E-state index in [2.05, 4.69) is 18.8 Å². The Balaban J connectivity index is 2.47. The number of nitrogens with one attached hydrogen (secondary N) is 1. The highest BCUT2D eigenvalue weighted by atomic mass is 32.1.